The van der Waals surface area contributed by atoms with E-state index in [9.17, 15) is 4.79 Å². The molecule has 0 atom stereocenters. The van der Waals surface area contributed by atoms with Gasteiger partial charge in [-0.2, -0.15) is 0 Å². The van der Waals surface area contributed by atoms with Gasteiger partial charge in [-0.3, -0.25) is 9.78 Å². The van der Waals surface area contributed by atoms with Crippen LogP contribution in [0.4, 0.5) is 0 Å². The molecule has 0 bridgehead atoms. The maximum absolute atomic E-state index is 12.6. The van der Waals surface area contributed by atoms with Gasteiger partial charge in [0.15, 0.2) is 17.3 Å². The van der Waals surface area contributed by atoms with Crippen LogP contribution in [-0.4, -0.2) is 24.7 Å². The molecule has 0 amide bonds. The number of hydrogen-bond acceptors (Lipinski definition) is 5. The quantitative estimate of drug-likeness (QED) is 0.695. The standard InChI is InChI=1S/C18H13NO4/c1-21-14-4-2-11(3-5-14)18(20)13-6-12-7-16-17(23-10-22-16)8-15(12)19-9-13/h2-9H,10H2,1H3. The van der Waals surface area contributed by atoms with E-state index in [0.29, 0.717) is 28.4 Å². The van der Waals surface area contributed by atoms with Crippen molar-refractivity contribution in [1.29, 1.82) is 0 Å². The zero-order valence-corrected chi connectivity index (χ0v) is 12.4. The van der Waals surface area contributed by atoms with Crippen LogP contribution in [0.1, 0.15) is 15.9 Å². The zero-order valence-electron chi connectivity index (χ0n) is 12.4. The van der Waals surface area contributed by atoms with E-state index in [0.717, 1.165) is 10.9 Å². The minimum Gasteiger partial charge on any atom is -0.497 e. The maximum Gasteiger partial charge on any atom is 0.231 e. The predicted molar refractivity (Wildman–Crippen MR) is 84.3 cm³/mol. The average molecular weight is 307 g/mol. The summed E-state index contributed by atoms with van der Waals surface area (Å²) in [5.74, 6) is 1.98. The number of nitrogens with zero attached hydrogens (tertiary/aromatic N) is 1. The molecule has 0 fully saturated rings. The summed E-state index contributed by atoms with van der Waals surface area (Å²) < 4.78 is 15.8. The van der Waals surface area contributed by atoms with Crippen molar-refractivity contribution in [1.82, 2.24) is 4.98 Å². The first-order valence-electron chi connectivity index (χ1n) is 7.13. The lowest BCUT2D eigenvalue weighted by Gasteiger charge is -2.05. The average Bonchev–Trinajstić information content (AvgIpc) is 3.06. The van der Waals surface area contributed by atoms with Gasteiger partial charge < -0.3 is 14.2 Å². The van der Waals surface area contributed by atoms with Crippen molar-refractivity contribution >= 4 is 16.7 Å². The third kappa shape index (κ3) is 2.36. The van der Waals surface area contributed by atoms with Crippen LogP contribution >= 0.6 is 0 Å². The molecule has 5 heteroatoms. The lowest BCUT2D eigenvalue weighted by molar-refractivity contribution is 0.103. The Balaban J connectivity index is 1.73. The molecule has 5 nitrogen and oxygen atoms in total. The van der Waals surface area contributed by atoms with Crippen molar-refractivity contribution in [3.63, 3.8) is 0 Å². The van der Waals surface area contributed by atoms with E-state index in [4.69, 9.17) is 14.2 Å². The number of ketones is 1. The summed E-state index contributed by atoms with van der Waals surface area (Å²) in [6.45, 7) is 0.212. The highest BCUT2D eigenvalue weighted by atomic mass is 16.7. The monoisotopic (exact) mass is 307 g/mol. The molecular weight excluding hydrogens is 294 g/mol. The van der Waals surface area contributed by atoms with E-state index in [2.05, 4.69) is 4.98 Å². The maximum atomic E-state index is 12.6. The summed E-state index contributed by atoms with van der Waals surface area (Å²) in [5.41, 5.74) is 1.88. The Morgan fingerprint density at radius 2 is 1.78 bits per heavy atom. The Kier molecular flexibility index (Phi) is 3.12. The van der Waals surface area contributed by atoms with Gasteiger partial charge in [0.1, 0.15) is 5.75 Å². The minimum atomic E-state index is -0.0836. The molecule has 0 saturated carbocycles. The number of ether oxygens (including phenoxy) is 3. The molecule has 1 aliphatic rings. The van der Waals surface area contributed by atoms with Crippen molar-refractivity contribution in [2.45, 2.75) is 0 Å². The van der Waals surface area contributed by atoms with Gasteiger partial charge in [0.05, 0.1) is 12.6 Å². The van der Waals surface area contributed by atoms with Gasteiger partial charge in [-0.05, 0) is 36.4 Å². The molecule has 0 N–H and O–H groups in total. The molecule has 114 valence electrons. The van der Waals surface area contributed by atoms with Crippen molar-refractivity contribution < 1.29 is 19.0 Å². The van der Waals surface area contributed by atoms with Crippen LogP contribution in [0, 0.1) is 0 Å². The molecule has 0 saturated heterocycles. The third-order valence-corrected chi connectivity index (χ3v) is 3.79. The summed E-state index contributed by atoms with van der Waals surface area (Å²) >= 11 is 0. The van der Waals surface area contributed by atoms with Crippen LogP contribution in [-0.2, 0) is 0 Å². The topological polar surface area (TPSA) is 57.7 Å². The largest absolute Gasteiger partial charge is 0.497 e. The Morgan fingerprint density at radius 3 is 2.52 bits per heavy atom. The van der Waals surface area contributed by atoms with E-state index in [1.165, 1.54) is 0 Å². The predicted octanol–water partition coefficient (Wildman–Crippen LogP) is 3.20. The van der Waals surface area contributed by atoms with Gasteiger partial charge in [0.2, 0.25) is 6.79 Å². The fourth-order valence-corrected chi connectivity index (χ4v) is 2.55. The number of rotatable bonds is 3. The second-order valence-electron chi connectivity index (χ2n) is 5.18. The number of hydrogen-bond donors (Lipinski definition) is 0. The van der Waals surface area contributed by atoms with Crippen LogP contribution in [0.3, 0.4) is 0 Å². The molecule has 2 aromatic carbocycles. The van der Waals surface area contributed by atoms with E-state index in [1.807, 2.05) is 18.2 Å². The first-order chi connectivity index (χ1) is 11.2. The van der Waals surface area contributed by atoms with Crippen molar-refractivity contribution in [2.24, 2.45) is 0 Å². The van der Waals surface area contributed by atoms with Crippen LogP contribution in [0.5, 0.6) is 17.2 Å². The second-order valence-corrected chi connectivity index (χ2v) is 5.18. The number of methoxy groups -OCH3 is 1. The normalized spacial score (nSPS) is 12.4. The van der Waals surface area contributed by atoms with Gasteiger partial charge in [0.25, 0.3) is 0 Å². The first kappa shape index (κ1) is 13.6. The molecule has 0 aliphatic carbocycles. The number of carbonyl (C=O) groups excluding carboxylic acids is 1. The summed E-state index contributed by atoms with van der Waals surface area (Å²) in [6.07, 6.45) is 1.58. The van der Waals surface area contributed by atoms with Crippen LogP contribution < -0.4 is 14.2 Å². The number of aromatic nitrogens is 1. The zero-order chi connectivity index (χ0) is 15.8. The van der Waals surface area contributed by atoms with E-state index >= 15 is 0 Å². The summed E-state index contributed by atoms with van der Waals surface area (Å²) in [4.78, 5) is 16.9. The number of benzene rings is 2. The number of pyridine rings is 1. The molecule has 3 aromatic rings. The summed E-state index contributed by atoms with van der Waals surface area (Å²) in [6, 6.07) is 12.5. The fourth-order valence-electron chi connectivity index (χ4n) is 2.55. The fraction of sp³-hybridized carbons (Fsp3) is 0.111. The second kappa shape index (κ2) is 5.28. The van der Waals surface area contributed by atoms with Crippen molar-refractivity contribution in [3.05, 3.63) is 59.8 Å². The molecule has 1 aromatic heterocycles. The third-order valence-electron chi connectivity index (χ3n) is 3.79. The SMILES string of the molecule is COc1ccc(C(=O)c2cnc3cc4c(cc3c2)OCO4)cc1. The highest BCUT2D eigenvalue weighted by Gasteiger charge is 2.16. The molecule has 0 spiro atoms. The Labute approximate surface area is 132 Å². The van der Waals surface area contributed by atoms with Crippen LogP contribution in [0.15, 0.2) is 48.7 Å². The van der Waals surface area contributed by atoms with E-state index in [1.54, 1.807) is 37.6 Å². The van der Waals surface area contributed by atoms with Crippen LogP contribution in [0.25, 0.3) is 10.9 Å². The Bertz CT molecular complexity index is 903. The number of fused-ring (bicyclic) bond motifs is 2. The molecule has 0 unspecified atom stereocenters. The molecule has 2 heterocycles. The summed E-state index contributed by atoms with van der Waals surface area (Å²) in [5, 5.41) is 0.841. The lowest BCUT2D eigenvalue weighted by atomic mass is 10.0. The minimum absolute atomic E-state index is 0.0836. The highest BCUT2D eigenvalue weighted by molar-refractivity contribution is 6.10. The smallest absolute Gasteiger partial charge is 0.231 e. The summed E-state index contributed by atoms with van der Waals surface area (Å²) in [7, 11) is 1.59. The van der Waals surface area contributed by atoms with Gasteiger partial charge in [-0.1, -0.05) is 0 Å². The Morgan fingerprint density at radius 1 is 1.04 bits per heavy atom. The number of carbonyl (C=O) groups is 1. The molecule has 1 aliphatic heterocycles. The molecular formula is C18H13NO4. The lowest BCUT2D eigenvalue weighted by Crippen LogP contribution is -2.02. The van der Waals surface area contributed by atoms with Crippen LogP contribution in [0.2, 0.25) is 0 Å². The van der Waals surface area contributed by atoms with E-state index < -0.39 is 0 Å². The van der Waals surface area contributed by atoms with E-state index in [-0.39, 0.29) is 12.6 Å². The van der Waals surface area contributed by atoms with Gasteiger partial charge in [0, 0.05) is 28.8 Å². The molecule has 0 radical (unpaired) electrons. The van der Waals surface area contributed by atoms with Crippen molar-refractivity contribution in [3.8, 4) is 17.2 Å². The highest BCUT2D eigenvalue weighted by Crippen LogP contribution is 2.35. The van der Waals surface area contributed by atoms with Gasteiger partial charge in [-0.15, -0.1) is 0 Å². The first-order valence-corrected chi connectivity index (χ1v) is 7.13. The van der Waals surface area contributed by atoms with Gasteiger partial charge >= 0.3 is 0 Å². The molecule has 4 rings (SSSR count). The Hall–Kier alpha value is -3.08. The van der Waals surface area contributed by atoms with Gasteiger partial charge in [-0.25, -0.2) is 0 Å². The molecule has 23 heavy (non-hydrogen) atoms. The van der Waals surface area contributed by atoms with Crippen molar-refractivity contribution in [2.75, 3.05) is 13.9 Å².